The number of nitrogens with one attached hydrogen (secondary N) is 1. The molecule has 0 aromatic carbocycles. The Hall–Kier alpha value is -1.36. The highest BCUT2D eigenvalue weighted by atomic mass is 16.4. The van der Waals surface area contributed by atoms with Crippen molar-refractivity contribution in [2.45, 2.75) is 24.8 Å². The fourth-order valence-electron chi connectivity index (χ4n) is 2.06. The number of carbonyl (C=O) groups is 1. The van der Waals surface area contributed by atoms with Crippen LogP contribution in [0.25, 0.3) is 0 Å². The van der Waals surface area contributed by atoms with Crippen molar-refractivity contribution in [3.63, 3.8) is 0 Å². The minimum Gasteiger partial charge on any atom is -0.480 e. The summed E-state index contributed by atoms with van der Waals surface area (Å²) in [7, 11) is 1.87. The zero-order valence-corrected chi connectivity index (χ0v) is 8.68. The second kappa shape index (κ2) is 4.02. The van der Waals surface area contributed by atoms with Gasteiger partial charge in [0.25, 0.3) is 0 Å². The Kier molecular flexibility index (Phi) is 2.73. The van der Waals surface area contributed by atoms with Crippen LogP contribution < -0.4 is 5.32 Å². The number of aryl methyl sites for hydroxylation is 1. The number of carboxylic acid groups (broad SMARTS) is 1. The van der Waals surface area contributed by atoms with Crippen LogP contribution in [0.15, 0.2) is 12.4 Å². The highest BCUT2D eigenvalue weighted by molar-refractivity contribution is 5.73. The fraction of sp³-hybridized carbons (Fsp3) is 0.600. The molecule has 82 valence electrons. The Morgan fingerprint density at radius 3 is 3.13 bits per heavy atom. The molecule has 0 amide bonds. The normalized spacial score (nSPS) is 26.5. The van der Waals surface area contributed by atoms with Crippen LogP contribution in [0, 0.1) is 0 Å². The lowest BCUT2D eigenvalue weighted by molar-refractivity contribution is -0.140. The van der Waals surface area contributed by atoms with Crippen LogP contribution in [0.2, 0.25) is 0 Å². The summed E-state index contributed by atoms with van der Waals surface area (Å²) in [6, 6.07) is -0.413. The van der Waals surface area contributed by atoms with Crippen LogP contribution in [-0.2, 0) is 11.8 Å². The molecule has 0 aliphatic carbocycles. The van der Waals surface area contributed by atoms with Crippen molar-refractivity contribution in [3.8, 4) is 0 Å². The first-order valence-corrected chi connectivity index (χ1v) is 5.11. The molecule has 0 radical (unpaired) electrons. The van der Waals surface area contributed by atoms with Gasteiger partial charge in [-0.3, -0.25) is 9.48 Å². The lowest BCUT2D eigenvalue weighted by Crippen LogP contribution is -2.42. The molecule has 5 nitrogen and oxygen atoms in total. The predicted molar refractivity (Wildman–Crippen MR) is 54.6 cm³/mol. The number of aromatic nitrogens is 2. The van der Waals surface area contributed by atoms with Crippen molar-refractivity contribution >= 4 is 5.97 Å². The molecular formula is C10H15N3O2. The van der Waals surface area contributed by atoms with Gasteiger partial charge in [0.1, 0.15) is 6.04 Å². The van der Waals surface area contributed by atoms with E-state index in [1.165, 1.54) is 0 Å². The van der Waals surface area contributed by atoms with Gasteiger partial charge >= 0.3 is 5.97 Å². The van der Waals surface area contributed by atoms with Crippen LogP contribution in [0.3, 0.4) is 0 Å². The van der Waals surface area contributed by atoms with E-state index >= 15 is 0 Å². The average Bonchev–Trinajstić information content (AvgIpc) is 2.65. The molecule has 2 unspecified atom stereocenters. The average molecular weight is 209 g/mol. The summed E-state index contributed by atoms with van der Waals surface area (Å²) in [4.78, 5) is 10.9. The molecule has 5 heteroatoms. The second-order valence-corrected chi connectivity index (χ2v) is 4.01. The minimum absolute atomic E-state index is 0.320. The van der Waals surface area contributed by atoms with E-state index in [0.29, 0.717) is 12.3 Å². The Balaban J connectivity index is 2.07. The van der Waals surface area contributed by atoms with E-state index in [0.717, 1.165) is 18.5 Å². The van der Waals surface area contributed by atoms with Crippen molar-refractivity contribution < 1.29 is 9.90 Å². The molecule has 1 aromatic rings. The number of hydrogen-bond donors (Lipinski definition) is 2. The van der Waals surface area contributed by atoms with Crippen molar-refractivity contribution in [1.29, 1.82) is 0 Å². The molecule has 1 saturated heterocycles. The van der Waals surface area contributed by atoms with Gasteiger partial charge in [-0.1, -0.05) is 0 Å². The lowest BCUT2D eigenvalue weighted by Gasteiger charge is -2.26. The molecule has 1 aromatic heterocycles. The maximum absolute atomic E-state index is 10.9. The van der Waals surface area contributed by atoms with Gasteiger partial charge in [-0.25, -0.2) is 0 Å². The van der Waals surface area contributed by atoms with Gasteiger partial charge in [0.15, 0.2) is 0 Å². The third-order valence-electron chi connectivity index (χ3n) is 2.90. The minimum atomic E-state index is -0.761. The van der Waals surface area contributed by atoms with E-state index in [9.17, 15) is 4.79 Å². The van der Waals surface area contributed by atoms with Crippen LogP contribution in [0.4, 0.5) is 0 Å². The van der Waals surface area contributed by atoms with Gasteiger partial charge in [0.2, 0.25) is 0 Å². The van der Waals surface area contributed by atoms with E-state index in [2.05, 4.69) is 10.4 Å². The van der Waals surface area contributed by atoms with E-state index in [1.807, 2.05) is 19.4 Å². The van der Waals surface area contributed by atoms with Crippen LogP contribution in [0.1, 0.15) is 24.3 Å². The highest BCUT2D eigenvalue weighted by Crippen LogP contribution is 2.27. The molecule has 2 atom stereocenters. The van der Waals surface area contributed by atoms with Crippen LogP contribution in [0.5, 0.6) is 0 Å². The van der Waals surface area contributed by atoms with Gasteiger partial charge in [-0.15, -0.1) is 0 Å². The molecule has 1 fully saturated rings. The summed E-state index contributed by atoms with van der Waals surface area (Å²) in [6.07, 6.45) is 5.43. The topological polar surface area (TPSA) is 67.2 Å². The molecule has 2 heterocycles. The van der Waals surface area contributed by atoms with Crippen LogP contribution >= 0.6 is 0 Å². The lowest BCUT2D eigenvalue weighted by atomic mass is 9.88. The maximum atomic E-state index is 10.9. The van der Waals surface area contributed by atoms with Gasteiger partial charge in [-0.05, 0) is 30.9 Å². The molecule has 1 aliphatic heterocycles. The van der Waals surface area contributed by atoms with Crippen LogP contribution in [-0.4, -0.2) is 33.4 Å². The maximum Gasteiger partial charge on any atom is 0.320 e. The van der Waals surface area contributed by atoms with Crippen molar-refractivity contribution in [2.24, 2.45) is 7.05 Å². The van der Waals surface area contributed by atoms with E-state index < -0.39 is 12.0 Å². The number of piperidine rings is 1. The summed E-state index contributed by atoms with van der Waals surface area (Å²) < 4.78 is 1.76. The predicted octanol–water partition coefficient (Wildman–Crippen LogP) is 0.340. The van der Waals surface area contributed by atoms with Crippen molar-refractivity contribution in [2.75, 3.05) is 6.54 Å². The number of aliphatic carboxylic acids is 1. The van der Waals surface area contributed by atoms with Gasteiger partial charge in [0, 0.05) is 13.2 Å². The third-order valence-corrected chi connectivity index (χ3v) is 2.90. The molecule has 0 saturated carbocycles. The largest absolute Gasteiger partial charge is 0.480 e. The Labute approximate surface area is 88.1 Å². The fourth-order valence-corrected chi connectivity index (χ4v) is 2.06. The van der Waals surface area contributed by atoms with Crippen molar-refractivity contribution in [1.82, 2.24) is 15.1 Å². The van der Waals surface area contributed by atoms with E-state index in [-0.39, 0.29) is 0 Å². The first kappa shape index (κ1) is 10.2. The molecule has 2 N–H and O–H groups in total. The molecule has 15 heavy (non-hydrogen) atoms. The first-order valence-electron chi connectivity index (χ1n) is 5.11. The monoisotopic (exact) mass is 209 g/mol. The number of hydrogen-bond acceptors (Lipinski definition) is 3. The molecular weight excluding hydrogens is 194 g/mol. The molecule has 0 bridgehead atoms. The molecule has 2 rings (SSSR count). The zero-order valence-electron chi connectivity index (χ0n) is 8.68. The second-order valence-electron chi connectivity index (χ2n) is 4.01. The summed E-state index contributed by atoms with van der Waals surface area (Å²) in [5.41, 5.74) is 1.14. The summed E-state index contributed by atoms with van der Waals surface area (Å²) >= 11 is 0. The summed E-state index contributed by atoms with van der Waals surface area (Å²) in [5, 5.41) is 16.0. The first-order chi connectivity index (χ1) is 7.16. The SMILES string of the molecule is Cn1cc(C2CCNC(C(=O)O)C2)cn1. The van der Waals surface area contributed by atoms with E-state index in [1.54, 1.807) is 4.68 Å². The van der Waals surface area contributed by atoms with E-state index in [4.69, 9.17) is 5.11 Å². The molecule has 0 spiro atoms. The quantitative estimate of drug-likeness (QED) is 0.737. The third kappa shape index (κ3) is 2.18. The Bertz CT molecular complexity index is 361. The number of nitrogens with zero attached hydrogens (tertiary/aromatic N) is 2. The van der Waals surface area contributed by atoms with Gasteiger partial charge in [0.05, 0.1) is 6.20 Å². The Morgan fingerprint density at radius 1 is 1.73 bits per heavy atom. The number of carboxylic acids is 1. The Morgan fingerprint density at radius 2 is 2.53 bits per heavy atom. The van der Waals surface area contributed by atoms with Gasteiger partial charge in [-0.2, -0.15) is 5.10 Å². The smallest absolute Gasteiger partial charge is 0.320 e. The highest BCUT2D eigenvalue weighted by Gasteiger charge is 2.27. The standard InChI is InChI=1S/C10H15N3O2/c1-13-6-8(5-12-13)7-2-3-11-9(4-7)10(14)15/h5-7,9,11H,2-4H2,1H3,(H,14,15). The van der Waals surface area contributed by atoms with Gasteiger partial charge < -0.3 is 10.4 Å². The summed E-state index contributed by atoms with van der Waals surface area (Å²) in [6.45, 7) is 0.760. The summed E-state index contributed by atoms with van der Waals surface area (Å²) in [5.74, 6) is -0.440. The zero-order chi connectivity index (χ0) is 10.8. The number of rotatable bonds is 2. The van der Waals surface area contributed by atoms with Crippen molar-refractivity contribution in [3.05, 3.63) is 18.0 Å². The molecule has 1 aliphatic rings.